The number of rotatable bonds is 4. The Morgan fingerprint density at radius 1 is 1.11 bits per heavy atom. The molecule has 1 fully saturated rings. The summed E-state index contributed by atoms with van der Waals surface area (Å²) in [6, 6.07) is 5.53. The van der Waals surface area contributed by atoms with E-state index in [1.807, 2.05) is 30.2 Å². The maximum absolute atomic E-state index is 13.1. The number of hydrogen-bond acceptors (Lipinski definition) is 4. The van der Waals surface area contributed by atoms with Gasteiger partial charge >= 0.3 is 0 Å². The quantitative estimate of drug-likeness (QED) is 0.690. The smallest absolute Gasteiger partial charge is 0.243 e. The molecule has 1 aliphatic heterocycles. The maximum Gasteiger partial charge on any atom is 0.243 e. The average molecular weight is 388 g/mol. The van der Waals surface area contributed by atoms with Crippen LogP contribution in [0.25, 0.3) is 10.9 Å². The van der Waals surface area contributed by atoms with Gasteiger partial charge in [0.25, 0.3) is 0 Å². The van der Waals surface area contributed by atoms with Crippen molar-refractivity contribution < 1.29 is 8.42 Å². The van der Waals surface area contributed by atoms with Gasteiger partial charge in [-0.05, 0) is 56.4 Å². The van der Waals surface area contributed by atoms with E-state index in [1.165, 1.54) is 5.56 Å². The standard InChI is InChI=1S/C19H25N5O2S/c1-14(2)24-19-5-4-18(10-16(19)11-21-24)27(25,26)23-8-6-15(7-9-23)17-12-20-22(3)13-17/h4-5,10-15H,6-9H2,1-3H3. The number of sulfonamides is 1. The molecule has 0 spiro atoms. The molecule has 27 heavy (non-hydrogen) atoms. The zero-order valence-electron chi connectivity index (χ0n) is 15.9. The Morgan fingerprint density at radius 2 is 1.85 bits per heavy atom. The minimum absolute atomic E-state index is 0.233. The molecular formula is C19H25N5O2S. The molecule has 144 valence electrons. The lowest BCUT2D eigenvalue weighted by atomic mass is 9.93. The van der Waals surface area contributed by atoms with E-state index in [4.69, 9.17) is 0 Å². The van der Waals surface area contributed by atoms with Crippen LogP contribution >= 0.6 is 0 Å². The van der Waals surface area contributed by atoms with E-state index >= 15 is 0 Å². The van der Waals surface area contributed by atoms with Gasteiger partial charge in [0.1, 0.15) is 0 Å². The van der Waals surface area contributed by atoms with Crippen molar-refractivity contribution in [3.05, 3.63) is 42.4 Å². The molecule has 7 nitrogen and oxygen atoms in total. The van der Waals surface area contributed by atoms with Gasteiger partial charge < -0.3 is 0 Å². The van der Waals surface area contributed by atoms with E-state index in [-0.39, 0.29) is 6.04 Å². The first-order chi connectivity index (χ1) is 12.9. The summed E-state index contributed by atoms with van der Waals surface area (Å²) in [6.45, 7) is 5.18. The van der Waals surface area contributed by atoms with Crippen molar-refractivity contribution in [1.82, 2.24) is 23.9 Å². The first-order valence-corrected chi connectivity index (χ1v) is 10.8. The molecule has 0 saturated carbocycles. The van der Waals surface area contributed by atoms with Crippen LogP contribution in [0.5, 0.6) is 0 Å². The minimum atomic E-state index is -3.49. The van der Waals surface area contributed by atoms with E-state index in [9.17, 15) is 8.42 Å². The lowest BCUT2D eigenvalue weighted by Gasteiger charge is -2.30. The van der Waals surface area contributed by atoms with Gasteiger partial charge in [-0.15, -0.1) is 0 Å². The van der Waals surface area contributed by atoms with Gasteiger partial charge in [0.15, 0.2) is 0 Å². The van der Waals surface area contributed by atoms with Crippen molar-refractivity contribution in [3.63, 3.8) is 0 Å². The van der Waals surface area contributed by atoms with Gasteiger partial charge in [-0.2, -0.15) is 14.5 Å². The van der Waals surface area contributed by atoms with E-state index in [0.717, 1.165) is 23.7 Å². The number of aromatic nitrogens is 4. The summed E-state index contributed by atoms with van der Waals surface area (Å²) in [5, 5.41) is 9.46. The summed E-state index contributed by atoms with van der Waals surface area (Å²) in [5.41, 5.74) is 2.15. The number of fused-ring (bicyclic) bond motifs is 1. The van der Waals surface area contributed by atoms with Crippen molar-refractivity contribution in [2.75, 3.05) is 13.1 Å². The molecule has 0 aliphatic carbocycles. The topological polar surface area (TPSA) is 73.0 Å². The largest absolute Gasteiger partial charge is 0.276 e. The van der Waals surface area contributed by atoms with Crippen molar-refractivity contribution in [2.45, 2.75) is 43.5 Å². The Morgan fingerprint density at radius 3 is 2.48 bits per heavy atom. The molecule has 3 heterocycles. The minimum Gasteiger partial charge on any atom is -0.276 e. The summed E-state index contributed by atoms with van der Waals surface area (Å²) in [7, 11) is -1.59. The number of aryl methyl sites for hydroxylation is 1. The molecule has 0 amide bonds. The molecule has 1 saturated heterocycles. The SMILES string of the molecule is CC(C)n1ncc2cc(S(=O)(=O)N3CCC(c4cnn(C)c4)CC3)ccc21. The second-order valence-corrected chi connectivity index (χ2v) is 9.47. The van der Waals surface area contributed by atoms with Crippen LogP contribution in [0.3, 0.4) is 0 Å². The Hall–Kier alpha value is -2.19. The van der Waals surface area contributed by atoms with E-state index in [0.29, 0.717) is 23.9 Å². The molecule has 0 atom stereocenters. The lowest BCUT2D eigenvalue weighted by molar-refractivity contribution is 0.319. The summed E-state index contributed by atoms with van der Waals surface area (Å²) in [4.78, 5) is 0.345. The highest BCUT2D eigenvalue weighted by molar-refractivity contribution is 7.89. The Labute approximate surface area is 159 Å². The number of hydrogen-bond donors (Lipinski definition) is 0. The van der Waals surface area contributed by atoms with Gasteiger partial charge in [0.05, 0.1) is 22.8 Å². The molecule has 0 N–H and O–H groups in total. The fraction of sp³-hybridized carbons (Fsp3) is 0.474. The molecule has 8 heteroatoms. The van der Waals surface area contributed by atoms with Crippen LogP contribution < -0.4 is 0 Å². The monoisotopic (exact) mass is 387 g/mol. The first-order valence-electron chi connectivity index (χ1n) is 9.32. The van der Waals surface area contributed by atoms with Crippen LogP contribution in [-0.4, -0.2) is 45.4 Å². The average Bonchev–Trinajstić information content (AvgIpc) is 3.27. The van der Waals surface area contributed by atoms with Crippen LogP contribution in [0.2, 0.25) is 0 Å². The molecule has 3 aromatic rings. The van der Waals surface area contributed by atoms with Crippen molar-refractivity contribution >= 4 is 20.9 Å². The zero-order valence-corrected chi connectivity index (χ0v) is 16.7. The van der Waals surface area contributed by atoms with Gasteiger partial charge in [-0.25, -0.2) is 8.42 Å². The van der Waals surface area contributed by atoms with E-state index in [2.05, 4.69) is 24.0 Å². The van der Waals surface area contributed by atoms with Gasteiger partial charge in [-0.1, -0.05) is 0 Å². The summed E-state index contributed by atoms with van der Waals surface area (Å²) in [5.74, 6) is 0.372. The highest BCUT2D eigenvalue weighted by Gasteiger charge is 2.30. The number of nitrogens with zero attached hydrogens (tertiary/aromatic N) is 5. The Balaban J connectivity index is 1.54. The molecule has 0 bridgehead atoms. The Kier molecular flexibility index (Phi) is 4.55. The predicted octanol–water partition coefficient (Wildman–Crippen LogP) is 2.92. The molecular weight excluding hydrogens is 362 g/mol. The second kappa shape index (κ2) is 6.76. The third kappa shape index (κ3) is 3.27. The van der Waals surface area contributed by atoms with Crippen LogP contribution in [-0.2, 0) is 17.1 Å². The summed E-state index contributed by atoms with van der Waals surface area (Å²) >= 11 is 0. The first kappa shape index (κ1) is 18.2. The van der Waals surface area contributed by atoms with Gasteiger partial charge in [-0.3, -0.25) is 9.36 Å². The molecule has 2 aromatic heterocycles. The normalized spacial score (nSPS) is 17.2. The maximum atomic E-state index is 13.1. The van der Waals surface area contributed by atoms with E-state index in [1.54, 1.807) is 27.3 Å². The highest BCUT2D eigenvalue weighted by atomic mass is 32.2. The van der Waals surface area contributed by atoms with E-state index < -0.39 is 10.0 Å². The van der Waals surface area contributed by atoms with Crippen LogP contribution in [0.15, 0.2) is 41.7 Å². The number of piperidine rings is 1. The molecule has 1 aliphatic rings. The predicted molar refractivity (Wildman–Crippen MR) is 104 cm³/mol. The van der Waals surface area contributed by atoms with Crippen LogP contribution in [0.1, 0.15) is 44.2 Å². The second-order valence-electron chi connectivity index (χ2n) is 7.53. The fourth-order valence-corrected chi connectivity index (χ4v) is 5.34. The third-order valence-corrected chi connectivity index (χ3v) is 7.24. The molecule has 1 aromatic carbocycles. The third-order valence-electron chi connectivity index (χ3n) is 5.34. The van der Waals surface area contributed by atoms with Crippen molar-refractivity contribution in [3.8, 4) is 0 Å². The van der Waals surface area contributed by atoms with Gasteiger partial charge in [0.2, 0.25) is 10.0 Å². The lowest BCUT2D eigenvalue weighted by Crippen LogP contribution is -2.37. The highest BCUT2D eigenvalue weighted by Crippen LogP contribution is 2.31. The number of benzene rings is 1. The van der Waals surface area contributed by atoms with Crippen molar-refractivity contribution in [2.24, 2.45) is 7.05 Å². The molecule has 0 unspecified atom stereocenters. The van der Waals surface area contributed by atoms with Crippen molar-refractivity contribution in [1.29, 1.82) is 0 Å². The van der Waals surface area contributed by atoms with Gasteiger partial charge in [0, 0.05) is 37.8 Å². The molecule has 0 radical (unpaired) electrons. The fourth-order valence-electron chi connectivity index (χ4n) is 3.83. The molecule has 4 rings (SSSR count). The Bertz CT molecular complexity index is 1060. The summed E-state index contributed by atoms with van der Waals surface area (Å²) < 4.78 is 31.5. The summed E-state index contributed by atoms with van der Waals surface area (Å²) in [6.07, 6.45) is 7.28. The van der Waals surface area contributed by atoms with Crippen LogP contribution in [0, 0.1) is 0 Å². The van der Waals surface area contributed by atoms with Crippen LogP contribution in [0.4, 0.5) is 0 Å². The zero-order chi connectivity index (χ0) is 19.2.